The number of thioether (sulfide) groups is 1. The summed E-state index contributed by atoms with van der Waals surface area (Å²) >= 11 is 1.61. The molecule has 0 aliphatic carbocycles. The van der Waals surface area contributed by atoms with Crippen molar-refractivity contribution in [3.05, 3.63) is 66.2 Å². The van der Waals surface area contributed by atoms with Gasteiger partial charge in [0.15, 0.2) is 11.9 Å². The zero-order chi connectivity index (χ0) is 19.2. The van der Waals surface area contributed by atoms with E-state index in [0.717, 1.165) is 35.4 Å². The highest BCUT2D eigenvalue weighted by molar-refractivity contribution is 7.99. The number of nitrogens with one attached hydrogen (secondary N) is 1. The molecule has 0 amide bonds. The first-order valence-corrected chi connectivity index (χ1v) is 10.5. The molecule has 0 radical (unpaired) electrons. The highest BCUT2D eigenvalue weighted by Crippen LogP contribution is 2.36. The minimum absolute atomic E-state index is 0.354. The summed E-state index contributed by atoms with van der Waals surface area (Å²) in [5.74, 6) is 1.48. The lowest BCUT2D eigenvalue weighted by Gasteiger charge is -2.15. The van der Waals surface area contributed by atoms with Crippen molar-refractivity contribution in [1.82, 2.24) is 15.2 Å². The van der Waals surface area contributed by atoms with Crippen molar-refractivity contribution >= 4 is 23.5 Å². The average molecular weight is 391 g/mol. The lowest BCUT2D eigenvalue weighted by Crippen LogP contribution is -2.23. The molecule has 4 rings (SSSR count). The van der Waals surface area contributed by atoms with Gasteiger partial charge < -0.3 is 10.1 Å². The number of hydrogen-bond acceptors (Lipinski definition) is 6. The van der Waals surface area contributed by atoms with E-state index in [1.807, 2.05) is 54.6 Å². The van der Waals surface area contributed by atoms with Crippen molar-refractivity contribution in [3.8, 4) is 17.1 Å². The number of ether oxygens (including phenoxy) is 1. The fraction of sp³-hybridized carbons (Fsp3) is 0.227. The number of hydrogen-bond donors (Lipinski definition) is 1. The Bertz CT molecular complexity index is 962. The van der Waals surface area contributed by atoms with Crippen molar-refractivity contribution < 1.29 is 4.74 Å². The number of benzene rings is 2. The van der Waals surface area contributed by atoms with Gasteiger partial charge in [0.25, 0.3) is 0 Å². The summed E-state index contributed by atoms with van der Waals surface area (Å²) in [4.78, 5) is 4.64. The largest absolute Gasteiger partial charge is 0.448 e. The van der Waals surface area contributed by atoms with Crippen LogP contribution in [-0.2, 0) is 0 Å². The Morgan fingerprint density at radius 2 is 1.89 bits per heavy atom. The first-order chi connectivity index (χ1) is 13.8. The molecule has 0 bridgehead atoms. The van der Waals surface area contributed by atoms with Gasteiger partial charge in [0.05, 0.1) is 0 Å². The molecule has 0 saturated heterocycles. The van der Waals surface area contributed by atoms with Crippen LogP contribution in [0.15, 0.2) is 65.8 Å². The highest BCUT2D eigenvalue weighted by Gasteiger charge is 2.23. The van der Waals surface area contributed by atoms with E-state index in [0.29, 0.717) is 16.7 Å². The molecule has 142 valence electrons. The van der Waals surface area contributed by atoms with Crippen LogP contribution in [-0.4, -0.2) is 27.2 Å². The van der Waals surface area contributed by atoms with Crippen molar-refractivity contribution in [3.63, 3.8) is 0 Å². The summed E-state index contributed by atoms with van der Waals surface area (Å²) in [6, 6.07) is 18.1. The highest BCUT2D eigenvalue weighted by atomic mass is 32.2. The molecule has 1 atom stereocenters. The van der Waals surface area contributed by atoms with Crippen LogP contribution in [0.25, 0.3) is 17.3 Å². The normalized spacial score (nSPS) is 15.2. The fourth-order valence-electron chi connectivity index (χ4n) is 2.89. The molecule has 1 aliphatic rings. The number of para-hydroxylation sites is 1. The Hall–Kier alpha value is -2.86. The lowest BCUT2D eigenvalue weighted by molar-refractivity contribution is 0.266. The van der Waals surface area contributed by atoms with Gasteiger partial charge in [-0.25, -0.2) is 0 Å². The number of aromatic nitrogens is 3. The molecule has 0 saturated carbocycles. The maximum Gasteiger partial charge on any atom is 0.247 e. The van der Waals surface area contributed by atoms with Gasteiger partial charge in [-0.1, -0.05) is 79.7 Å². The van der Waals surface area contributed by atoms with Crippen LogP contribution in [0.4, 0.5) is 5.69 Å². The summed E-state index contributed by atoms with van der Waals surface area (Å²) in [5.41, 5.74) is 3.67. The molecule has 1 aliphatic heterocycles. The van der Waals surface area contributed by atoms with E-state index in [-0.39, 0.29) is 6.23 Å². The summed E-state index contributed by atoms with van der Waals surface area (Å²) < 4.78 is 6.18. The predicted octanol–water partition coefficient (Wildman–Crippen LogP) is 5.27. The topological polar surface area (TPSA) is 59.9 Å². The molecular weight excluding hydrogens is 368 g/mol. The summed E-state index contributed by atoms with van der Waals surface area (Å²) in [6.07, 6.45) is 5.95. The summed E-state index contributed by atoms with van der Waals surface area (Å²) in [7, 11) is 0. The molecule has 28 heavy (non-hydrogen) atoms. The van der Waals surface area contributed by atoms with Gasteiger partial charge >= 0.3 is 0 Å². The molecule has 0 fully saturated rings. The maximum atomic E-state index is 6.18. The van der Waals surface area contributed by atoms with Crippen LogP contribution in [0.5, 0.6) is 5.88 Å². The van der Waals surface area contributed by atoms with Gasteiger partial charge in [-0.15, -0.1) is 10.2 Å². The fourth-order valence-corrected chi connectivity index (χ4v) is 3.75. The minimum Gasteiger partial charge on any atom is -0.448 e. The van der Waals surface area contributed by atoms with Gasteiger partial charge in [-0.2, -0.15) is 4.98 Å². The van der Waals surface area contributed by atoms with E-state index in [9.17, 15) is 0 Å². The smallest absolute Gasteiger partial charge is 0.247 e. The molecule has 0 spiro atoms. The van der Waals surface area contributed by atoms with Gasteiger partial charge in [0.1, 0.15) is 0 Å². The van der Waals surface area contributed by atoms with Crippen molar-refractivity contribution in [1.29, 1.82) is 0 Å². The van der Waals surface area contributed by atoms with Crippen molar-refractivity contribution in [2.45, 2.75) is 31.1 Å². The number of rotatable bonds is 6. The Morgan fingerprint density at radius 3 is 2.75 bits per heavy atom. The second-order valence-electron chi connectivity index (χ2n) is 6.45. The first kappa shape index (κ1) is 18.5. The number of fused-ring (bicyclic) bond motifs is 3. The average Bonchev–Trinajstić information content (AvgIpc) is 2.89. The van der Waals surface area contributed by atoms with E-state index in [1.54, 1.807) is 11.8 Å². The molecule has 3 aromatic rings. The molecule has 5 nitrogen and oxygen atoms in total. The second-order valence-corrected chi connectivity index (χ2v) is 7.51. The molecule has 1 aromatic heterocycles. The van der Waals surface area contributed by atoms with Gasteiger partial charge in [-0.05, 0) is 24.1 Å². The third kappa shape index (κ3) is 4.34. The van der Waals surface area contributed by atoms with E-state index < -0.39 is 0 Å². The molecule has 2 heterocycles. The zero-order valence-corrected chi connectivity index (χ0v) is 16.5. The Kier molecular flexibility index (Phi) is 5.87. The molecular formula is C22H22N4OS. The maximum absolute atomic E-state index is 6.18. The molecule has 2 aromatic carbocycles. The van der Waals surface area contributed by atoms with Gasteiger partial charge in [-0.3, -0.25) is 0 Å². The quantitative estimate of drug-likeness (QED) is 0.457. The van der Waals surface area contributed by atoms with Gasteiger partial charge in [0, 0.05) is 17.0 Å². The predicted molar refractivity (Wildman–Crippen MR) is 114 cm³/mol. The van der Waals surface area contributed by atoms with Crippen LogP contribution in [0.3, 0.4) is 0 Å². The van der Waals surface area contributed by atoms with Crippen LogP contribution >= 0.6 is 11.8 Å². The zero-order valence-electron chi connectivity index (χ0n) is 15.7. The van der Waals surface area contributed by atoms with Gasteiger partial charge in [0.2, 0.25) is 11.0 Å². The van der Waals surface area contributed by atoms with E-state index in [1.165, 1.54) is 0 Å². The van der Waals surface area contributed by atoms with Crippen LogP contribution in [0, 0.1) is 0 Å². The van der Waals surface area contributed by atoms with E-state index in [4.69, 9.17) is 4.74 Å². The second kappa shape index (κ2) is 8.89. The van der Waals surface area contributed by atoms with E-state index in [2.05, 4.69) is 39.6 Å². The van der Waals surface area contributed by atoms with Crippen LogP contribution in [0.2, 0.25) is 0 Å². The number of unbranched alkanes of at least 4 members (excludes halogenated alkanes) is 1. The summed E-state index contributed by atoms with van der Waals surface area (Å²) in [5, 5.41) is 12.8. The van der Waals surface area contributed by atoms with Crippen molar-refractivity contribution in [2.24, 2.45) is 0 Å². The Morgan fingerprint density at radius 1 is 1.07 bits per heavy atom. The Labute approximate surface area is 169 Å². The number of anilines is 1. The van der Waals surface area contributed by atoms with E-state index >= 15 is 0 Å². The molecule has 6 heteroatoms. The monoisotopic (exact) mass is 390 g/mol. The van der Waals surface area contributed by atoms with Crippen LogP contribution in [0.1, 0.15) is 25.3 Å². The third-order valence-corrected chi connectivity index (χ3v) is 5.27. The molecule has 0 unspecified atom stereocenters. The minimum atomic E-state index is -0.354. The molecule has 1 N–H and O–H groups in total. The standard InChI is InChI=1S/C22H22N4OS/c1-2-3-15-28-22-24-21-20(25-26-22)17-11-7-8-12-18(17)23-19(27-21)14-13-16-9-5-4-6-10-16/h4-14,19,23H,2-3,15H2,1H3/b14-13-/t19-/m1/s1. The SMILES string of the molecule is CCCCSc1nnc2c(n1)O[C@H](/C=C\c1ccccc1)Nc1ccccc1-2. The van der Waals surface area contributed by atoms with Crippen LogP contribution < -0.4 is 10.1 Å². The first-order valence-electron chi connectivity index (χ1n) is 9.47. The van der Waals surface area contributed by atoms with Crippen molar-refractivity contribution in [2.75, 3.05) is 11.1 Å². The number of nitrogens with zero attached hydrogens (tertiary/aromatic N) is 3. The third-order valence-electron chi connectivity index (χ3n) is 4.35. The summed E-state index contributed by atoms with van der Waals surface area (Å²) in [6.45, 7) is 2.17. The lowest BCUT2D eigenvalue weighted by atomic mass is 10.1. The Balaban J connectivity index is 1.65.